The van der Waals surface area contributed by atoms with E-state index >= 15 is 0 Å². The number of amides is 2. The second kappa shape index (κ2) is 10.00. The lowest BCUT2D eigenvalue weighted by molar-refractivity contribution is -0.137. The number of hydrogen-bond acceptors (Lipinski definition) is 5. The average molecular weight is 539 g/mol. The van der Waals surface area contributed by atoms with Crippen LogP contribution in [0.3, 0.4) is 0 Å². The van der Waals surface area contributed by atoms with Crippen molar-refractivity contribution in [2.75, 3.05) is 5.32 Å². The summed E-state index contributed by atoms with van der Waals surface area (Å²) >= 11 is 0. The fourth-order valence-electron chi connectivity index (χ4n) is 4.96. The van der Waals surface area contributed by atoms with Gasteiger partial charge in [-0.1, -0.05) is 6.07 Å². The highest BCUT2D eigenvalue weighted by Crippen LogP contribution is 2.35. The van der Waals surface area contributed by atoms with Gasteiger partial charge < -0.3 is 21.1 Å². The summed E-state index contributed by atoms with van der Waals surface area (Å²) in [5.74, 6) is 1.07. The van der Waals surface area contributed by atoms with E-state index in [1.54, 1.807) is 26.1 Å². The van der Waals surface area contributed by atoms with E-state index in [-0.39, 0.29) is 23.1 Å². The number of benzene rings is 2. The molecule has 1 aliphatic heterocycles. The Labute approximate surface area is 224 Å². The minimum absolute atomic E-state index is 0.0733. The molecule has 1 atom stereocenters. The van der Waals surface area contributed by atoms with Gasteiger partial charge in [0.05, 0.1) is 5.56 Å². The summed E-state index contributed by atoms with van der Waals surface area (Å²) in [4.78, 5) is 29.0. The third-order valence-electron chi connectivity index (χ3n) is 7.11. The van der Waals surface area contributed by atoms with Gasteiger partial charge in [0, 0.05) is 35.3 Å². The second-order valence-electron chi connectivity index (χ2n) is 10.6. The summed E-state index contributed by atoms with van der Waals surface area (Å²) in [5, 5.41) is 5.67. The number of rotatable bonds is 5. The van der Waals surface area contributed by atoms with Crippen LogP contribution in [-0.4, -0.2) is 22.8 Å². The molecule has 0 radical (unpaired) electrons. The number of nitrogens with zero attached hydrogens (tertiary/aromatic N) is 1. The molecular formula is C29H29F3N4O3. The van der Waals surface area contributed by atoms with Gasteiger partial charge in [0.15, 0.2) is 0 Å². The number of nitrogens with one attached hydrogen (secondary N) is 2. The third-order valence-corrected chi connectivity index (χ3v) is 7.11. The molecule has 0 spiro atoms. The predicted octanol–water partition coefficient (Wildman–Crippen LogP) is 5.26. The van der Waals surface area contributed by atoms with E-state index in [0.717, 1.165) is 28.8 Å². The molecule has 2 aliphatic rings. The number of carbonyl (C=O) groups is 2. The lowest BCUT2D eigenvalue weighted by Crippen LogP contribution is -2.39. The van der Waals surface area contributed by atoms with Crippen molar-refractivity contribution in [3.63, 3.8) is 0 Å². The first-order valence-electron chi connectivity index (χ1n) is 12.8. The number of aryl methyl sites for hydroxylation is 1. The van der Waals surface area contributed by atoms with E-state index < -0.39 is 23.2 Å². The van der Waals surface area contributed by atoms with Crippen LogP contribution in [-0.2, 0) is 35.8 Å². The van der Waals surface area contributed by atoms with Crippen LogP contribution >= 0.6 is 0 Å². The first-order valence-corrected chi connectivity index (χ1v) is 12.8. The number of pyridine rings is 1. The van der Waals surface area contributed by atoms with Gasteiger partial charge in [-0.2, -0.15) is 13.2 Å². The highest BCUT2D eigenvalue weighted by atomic mass is 19.4. The topological polar surface area (TPSA) is 106 Å². The van der Waals surface area contributed by atoms with E-state index in [9.17, 15) is 22.8 Å². The van der Waals surface area contributed by atoms with Crippen LogP contribution in [0.15, 0.2) is 48.7 Å². The Morgan fingerprint density at radius 3 is 2.56 bits per heavy atom. The Hall–Kier alpha value is -3.92. The van der Waals surface area contributed by atoms with Crippen LogP contribution in [0, 0.1) is 0 Å². The van der Waals surface area contributed by atoms with Crippen molar-refractivity contribution in [3.8, 4) is 11.5 Å². The first-order chi connectivity index (χ1) is 18.4. The Kier molecular flexibility index (Phi) is 6.84. The van der Waals surface area contributed by atoms with Gasteiger partial charge in [-0.3, -0.25) is 9.59 Å². The maximum absolute atomic E-state index is 13.5. The summed E-state index contributed by atoms with van der Waals surface area (Å²) in [5.41, 5.74) is 7.22. The number of ether oxygens (including phenoxy) is 1. The van der Waals surface area contributed by atoms with Gasteiger partial charge in [0.2, 0.25) is 5.91 Å². The van der Waals surface area contributed by atoms with Crippen LogP contribution < -0.4 is 21.1 Å². The number of fused-ring (bicyclic) bond motifs is 2. The third kappa shape index (κ3) is 5.90. The zero-order valence-corrected chi connectivity index (χ0v) is 21.6. The lowest BCUT2D eigenvalue weighted by Gasteiger charge is -2.27. The molecule has 0 saturated carbocycles. The minimum atomic E-state index is -4.60. The van der Waals surface area contributed by atoms with Crippen molar-refractivity contribution < 1.29 is 27.5 Å². The molecule has 204 valence electrons. The van der Waals surface area contributed by atoms with E-state index in [0.29, 0.717) is 49.4 Å². The molecule has 0 saturated heterocycles. The van der Waals surface area contributed by atoms with Gasteiger partial charge in [0.1, 0.15) is 17.3 Å². The number of aromatic nitrogens is 1. The van der Waals surface area contributed by atoms with E-state index in [1.165, 1.54) is 6.07 Å². The zero-order valence-electron chi connectivity index (χ0n) is 21.6. The van der Waals surface area contributed by atoms with Crippen molar-refractivity contribution in [2.45, 2.75) is 63.7 Å². The number of nitrogens with two attached hydrogens (primary N) is 1. The monoisotopic (exact) mass is 538 g/mol. The Balaban J connectivity index is 1.33. The number of hydrogen-bond donors (Lipinski definition) is 3. The number of anilines is 1. The normalized spacial score (nSPS) is 17.1. The van der Waals surface area contributed by atoms with Crippen molar-refractivity contribution in [3.05, 3.63) is 82.0 Å². The molecule has 2 amide bonds. The summed E-state index contributed by atoms with van der Waals surface area (Å²) in [6.45, 7) is 3.19. The van der Waals surface area contributed by atoms with Crippen LogP contribution in [0.1, 0.15) is 64.9 Å². The van der Waals surface area contributed by atoms with Crippen LogP contribution in [0.25, 0.3) is 0 Å². The average Bonchev–Trinajstić information content (AvgIpc) is 2.87. The van der Waals surface area contributed by atoms with Crippen LogP contribution in [0.4, 0.5) is 19.0 Å². The fraction of sp³-hybridized carbons (Fsp3) is 0.345. The molecule has 1 aliphatic carbocycles. The largest absolute Gasteiger partial charge is 0.457 e. The molecule has 7 nitrogen and oxygen atoms in total. The fourth-order valence-corrected chi connectivity index (χ4v) is 4.96. The summed E-state index contributed by atoms with van der Waals surface area (Å²) < 4.78 is 46.7. The highest BCUT2D eigenvalue weighted by molar-refractivity contribution is 5.95. The molecule has 5 rings (SSSR count). The molecule has 1 aromatic heterocycles. The van der Waals surface area contributed by atoms with Crippen LogP contribution in [0.2, 0.25) is 0 Å². The van der Waals surface area contributed by atoms with Gasteiger partial charge in [-0.05, 0) is 92.6 Å². The Bertz CT molecular complexity index is 1410. The summed E-state index contributed by atoms with van der Waals surface area (Å²) in [6, 6.07) is 10.6. The van der Waals surface area contributed by atoms with E-state index in [4.69, 9.17) is 10.5 Å². The van der Waals surface area contributed by atoms with Crippen molar-refractivity contribution in [2.24, 2.45) is 5.73 Å². The summed E-state index contributed by atoms with van der Waals surface area (Å²) in [7, 11) is 0. The number of halogens is 3. The molecule has 1 unspecified atom stereocenters. The maximum Gasteiger partial charge on any atom is 0.416 e. The van der Waals surface area contributed by atoms with Gasteiger partial charge in [0.25, 0.3) is 5.91 Å². The van der Waals surface area contributed by atoms with Crippen molar-refractivity contribution >= 4 is 17.6 Å². The SMILES string of the molecule is CC(C)(N)c1cc(C(=O)NC2CCc3ccc(Oc4ccnc5c4CCC(=O)N5)cc3C2)cc(C(F)(F)F)c1. The maximum atomic E-state index is 13.5. The van der Waals surface area contributed by atoms with E-state index in [1.807, 2.05) is 18.2 Å². The van der Waals surface area contributed by atoms with E-state index in [2.05, 4.69) is 15.6 Å². The predicted molar refractivity (Wildman–Crippen MR) is 140 cm³/mol. The quantitative estimate of drug-likeness (QED) is 0.411. The minimum Gasteiger partial charge on any atom is -0.457 e. The Morgan fingerprint density at radius 2 is 1.82 bits per heavy atom. The zero-order chi connectivity index (χ0) is 27.9. The van der Waals surface area contributed by atoms with Gasteiger partial charge >= 0.3 is 6.18 Å². The Morgan fingerprint density at radius 1 is 1.05 bits per heavy atom. The lowest BCUT2D eigenvalue weighted by atomic mass is 9.87. The molecule has 0 fully saturated rings. The van der Waals surface area contributed by atoms with Crippen molar-refractivity contribution in [1.82, 2.24) is 10.3 Å². The molecule has 2 aromatic carbocycles. The highest BCUT2D eigenvalue weighted by Gasteiger charge is 2.33. The van der Waals surface area contributed by atoms with Crippen LogP contribution in [0.5, 0.6) is 11.5 Å². The molecule has 10 heteroatoms. The molecular weight excluding hydrogens is 509 g/mol. The smallest absolute Gasteiger partial charge is 0.416 e. The summed E-state index contributed by atoms with van der Waals surface area (Å²) in [6.07, 6.45) is -0.258. The molecule has 4 N–H and O–H groups in total. The van der Waals surface area contributed by atoms with Gasteiger partial charge in [-0.15, -0.1) is 0 Å². The molecule has 0 bridgehead atoms. The van der Waals surface area contributed by atoms with Crippen molar-refractivity contribution in [1.29, 1.82) is 0 Å². The standard InChI is InChI=1S/C29H29F3N4O3/c1-28(2,33)19-11-18(12-20(15-19)29(30,31)32)27(38)35-21-5-3-16-4-6-22(14-17(16)13-21)39-24-9-10-34-26-23(24)7-8-25(37)36-26/h4,6,9-12,14-15,21H,3,5,7-8,13,33H2,1-2H3,(H,35,38)(H,34,36,37). The van der Waals surface area contributed by atoms with Gasteiger partial charge in [-0.25, -0.2) is 4.98 Å². The number of carbonyl (C=O) groups excluding carboxylic acids is 2. The molecule has 2 heterocycles. The molecule has 3 aromatic rings. The molecule has 39 heavy (non-hydrogen) atoms. The number of alkyl halides is 3. The second-order valence-corrected chi connectivity index (χ2v) is 10.6. The first kappa shape index (κ1) is 26.7.